The zero-order valence-electron chi connectivity index (χ0n) is 9.35. The minimum atomic E-state index is 0.00343. The predicted octanol–water partition coefficient (Wildman–Crippen LogP) is 0.503. The number of carbonyl (C=O) groups excluding carboxylic acids is 1. The molecule has 0 unspecified atom stereocenters. The maximum atomic E-state index is 12.0. The van der Waals surface area contributed by atoms with Crippen molar-refractivity contribution in [3.05, 3.63) is 11.1 Å². The molecule has 6 heteroatoms. The number of hydrogen-bond donors (Lipinski definition) is 1. The summed E-state index contributed by atoms with van der Waals surface area (Å²) in [5, 5.41) is 2.18. The highest BCUT2D eigenvalue weighted by Crippen LogP contribution is 2.14. The van der Waals surface area contributed by atoms with Crippen molar-refractivity contribution < 1.29 is 4.79 Å². The fourth-order valence-corrected chi connectivity index (χ4v) is 2.35. The number of rotatable bonds is 2. The van der Waals surface area contributed by atoms with Crippen LogP contribution < -0.4 is 5.73 Å². The number of piperazine rings is 1. The first kappa shape index (κ1) is 11.3. The third kappa shape index (κ3) is 2.33. The summed E-state index contributed by atoms with van der Waals surface area (Å²) < 4.78 is 0. The van der Waals surface area contributed by atoms with Gasteiger partial charge in [-0.3, -0.25) is 4.79 Å². The molecule has 2 heterocycles. The van der Waals surface area contributed by atoms with Crippen molar-refractivity contribution >= 4 is 22.4 Å². The van der Waals surface area contributed by atoms with Crippen molar-refractivity contribution in [3.63, 3.8) is 0 Å². The van der Waals surface area contributed by atoms with E-state index in [0.717, 1.165) is 32.7 Å². The Labute approximate surface area is 98.9 Å². The average Bonchev–Trinajstić information content (AvgIpc) is 2.75. The molecule has 0 atom stereocenters. The molecule has 2 N–H and O–H groups in total. The predicted molar refractivity (Wildman–Crippen MR) is 64.5 cm³/mol. The molecule has 1 fully saturated rings. The van der Waals surface area contributed by atoms with Crippen molar-refractivity contribution in [2.45, 2.75) is 6.92 Å². The first-order chi connectivity index (χ1) is 7.70. The van der Waals surface area contributed by atoms with Crippen molar-refractivity contribution in [2.24, 2.45) is 0 Å². The second-order valence-corrected chi connectivity index (χ2v) is 4.69. The molecule has 0 bridgehead atoms. The van der Waals surface area contributed by atoms with Gasteiger partial charge in [0.25, 0.3) is 5.91 Å². The molecule has 16 heavy (non-hydrogen) atoms. The number of carbonyl (C=O) groups is 1. The average molecular weight is 240 g/mol. The van der Waals surface area contributed by atoms with Gasteiger partial charge in [-0.05, 0) is 6.54 Å². The number of nitrogens with two attached hydrogens (primary N) is 1. The van der Waals surface area contributed by atoms with Crippen molar-refractivity contribution in [3.8, 4) is 0 Å². The van der Waals surface area contributed by atoms with Gasteiger partial charge in [-0.1, -0.05) is 6.92 Å². The molecule has 1 aliphatic rings. The first-order valence-corrected chi connectivity index (χ1v) is 6.31. The number of nitrogens with zero attached hydrogens (tertiary/aromatic N) is 3. The molecule has 0 spiro atoms. The van der Waals surface area contributed by atoms with E-state index >= 15 is 0 Å². The SMILES string of the molecule is CCN1CCN(C(=O)c2csc(N)n2)CC1. The number of hydrogen-bond acceptors (Lipinski definition) is 5. The molecule has 1 aromatic rings. The van der Waals surface area contributed by atoms with Gasteiger partial charge in [0.15, 0.2) is 5.13 Å². The summed E-state index contributed by atoms with van der Waals surface area (Å²) in [7, 11) is 0. The van der Waals surface area contributed by atoms with Crippen LogP contribution in [0.5, 0.6) is 0 Å². The zero-order valence-corrected chi connectivity index (χ0v) is 10.2. The molecule has 88 valence electrons. The van der Waals surface area contributed by atoms with Crippen LogP contribution in [0.4, 0.5) is 5.13 Å². The Balaban J connectivity index is 1.96. The zero-order chi connectivity index (χ0) is 11.5. The second-order valence-electron chi connectivity index (χ2n) is 3.80. The van der Waals surface area contributed by atoms with Crippen LogP contribution in [0.2, 0.25) is 0 Å². The minimum absolute atomic E-state index is 0.00343. The van der Waals surface area contributed by atoms with Crippen molar-refractivity contribution in [1.29, 1.82) is 0 Å². The normalized spacial score (nSPS) is 17.7. The molecule has 5 nitrogen and oxygen atoms in total. The van der Waals surface area contributed by atoms with Crippen LogP contribution in [0, 0.1) is 0 Å². The van der Waals surface area contributed by atoms with Gasteiger partial charge in [-0.2, -0.15) is 0 Å². The number of aromatic nitrogens is 1. The maximum absolute atomic E-state index is 12.0. The van der Waals surface area contributed by atoms with E-state index in [1.54, 1.807) is 5.38 Å². The molecule has 1 aliphatic heterocycles. The van der Waals surface area contributed by atoms with E-state index < -0.39 is 0 Å². The molecule has 1 aromatic heterocycles. The monoisotopic (exact) mass is 240 g/mol. The van der Waals surface area contributed by atoms with E-state index in [4.69, 9.17) is 5.73 Å². The van der Waals surface area contributed by atoms with Crippen LogP contribution >= 0.6 is 11.3 Å². The summed E-state index contributed by atoms with van der Waals surface area (Å²) in [4.78, 5) is 20.2. The number of amides is 1. The summed E-state index contributed by atoms with van der Waals surface area (Å²) in [6, 6.07) is 0. The Kier molecular flexibility index (Phi) is 3.40. The third-order valence-corrected chi connectivity index (χ3v) is 3.52. The molecule has 0 aromatic carbocycles. The van der Waals surface area contributed by atoms with Crippen LogP contribution in [0.3, 0.4) is 0 Å². The molecular formula is C10H16N4OS. The Morgan fingerprint density at radius 1 is 1.50 bits per heavy atom. The van der Waals surface area contributed by atoms with E-state index in [1.165, 1.54) is 11.3 Å². The van der Waals surface area contributed by atoms with Crippen LogP contribution in [0.25, 0.3) is 0 Å². The number of thiazole rings is 1. The standard InChI is InChI=1S/C10H16N4OS/c1-2-13-3-5-14(6-4-13)9(15)8-7-16-10(11)12-8/h7H,2-6H2,1H3,(H2,11,12). The first-order valence-electron chi connectivity index (χ1n) is 5.43. The lowest BCUT2D eigenvalue weighted by molar-refractivity contribution is 0.0638. The molecule has 2 rings (SSSR count). The van der Waals surface area contributed by atoms with E-state index in [9.17, 15) is 4.79 Å². The Morgan fingerprint density at radius 2 is 2.19 bits per heavy atom. The highest BCUT2D eigenvalue weighted by atomic mass is 32.1. The molecule has 1 amide bonds. The van der Waals surface area contributed by atoms with Gasteiger partial charge >= 0.3 is 0 Å². The third-order valence-electron chi connectivity index (χ3n) is 2.85. The van der Waals surface area contributed by atoms with E-state index in [1.807, 2.05) is 4.90 Å². The lowest BCUT2D eigenvalue weighted by Gasteiger charge is -2.33. The van der Waals surface area contributed by atoms with Gasteiger partial charge in [-0.25, -0.2) is 4.98 Å². The minimum Gasteiger partial charge on any atom is -0.375 e. The smallest absolute Gasteiger partial charge is 0.273 e. The quantitative estimate of drug-likeness (QED) is 0.818. The summed E-state index contributed by atoms with van der Waals surface area (Å²) in [6.45, 7) is 6.64. The summed E-state index contributed by atoms with van der Waals surface area (Å²) in [5.74, 6) is 0.00343. The maximum Gasteiger partial charge on any atom is 0.273 e. The molecule has 0 aliphatic carbocycles. The fraction of sp³-hybridized carbons (Fsp3) is 0.600. The lowest BCUT2D eigenvalue weighted by atomic mass is 10.3. The van der Waals surface area contributed by atoms with Crippen LogP contribution in [-0.2, 0) is 0 Å². The lowest BCUT2D eigenvalue weighted by Crippen LogP contribution is -2.48. The van der Waals surface area contributed by atoms with Gasteiger partial charge in [0.2, 0.25) is 0 Å². The summed E-state index contributed by atoms with van der Waals surface area (Å²) in [6.07, 6.45) is 0. The Hall–Kier alpha value is -1.14. The highest BCUT2D eigenvalue weighted by molar-refractivity contribution is 7.13. The van der Waals surface area contributed by atoms with Crippen LogP contribution in [-0.4, -0.2) is 53.4 Å². The van der Waals surface area contributed by atoms with Gasteiger partial charge in [-0.15, -0.1) is 11.3 Å². The molecule has 1 saturated heterocycles. The molecular weight excluding hydrogens is 224 g/mol. The number of anilines is 1. The summed E-state index contributed by atoms with van der Waals surface area (Å²) in [5.41, 5.74) is 6.00. The fourth-order valence-electron chi connectivity index (χ4n) is 1.82. The van der Waals surface area contributed by atoms with Gasteiger partial charge in [0.1, 0.15) is 5.69 Å². The second kappa shape index (κ2) is 4.80. The number of likely N-dealkylation sites (N-methyl/N-ethyl adjacent to an activating group) is 1. The van der Waals surface area contributed by atoms with Gasteiger partial charge in [0, 0.05) is 31.6 Å². The number of nitrogen functional groups attached to an aromatic ring is 1. The molecule has 0 radical (unpaired) electrons. The Morgan fingerprint density at radius 3 is 2.69 bits per heavy atom. The van der Waals surface area contributed by atoms with E-state index in [-0.39, 0.29) is 5.91 Å². The van der Waals surface area contributed by atoms with Crippen molar-refractivity contribution in [1.82, 2.24) is 14.8 Å². The Bertz CT molecular complexity index is 371. The molecule has 0 saturated carbocycles. The van der Waals surface area contributed by atoms with E-state index in [0.29, 0.717) is 10.8 Å². The van der Waals surface area contributed by atoms with Crippen molar-refractivity contribution in [2.75, 3.05) is 38.5 Å². The largest absolute Gasteiger partial charge is 0.375 e. The van der Waals surface area contributed by atoms with Crippen LogP contribution in [0.15, 0.2) is 5.38 Å². The van der Waals surface area contributed by atoms with Crippen LogP contribution in [0.1, 0.15) is 17.4 Å². The van der Waals surface area contributed by atoms with Gasteiger partial charge < -0.3 is 15.5 Å². The summed E-state index contributed by atoms with van der Waals surface area (Å²) >= 11 is 1.31. The topological polar surface area (TPSA) is 62.5 Å². The highest BCUT2D eigenvalue weighted by Gasteiger charge is 2.22. The van der Waals surface area contributed by atoms with Gasteiger partial charge in [0.05, 0.1) is 0 Å². The van der Waals surface area contributed by atoms with E-state index in [2.05, 4.69) is 16.8 Å².